The Bertz CT molecular complexity index is 1050. The van der Waals surface area contributed by atoms with Gasteiger partial charge in [0, 0.05) is 11.4 Å². The van der Waals surface area contributed by atoms with Crippen molar-refractivity contribution in [3.8, 4) is 0 Å². The lowest BCUT2D eigenvalue weighted by molar-refractivity contribution is -0.137. The molecule has 0 bridgehead atoms. The maximum Gasteiger partial charge on any atom is 0.417 e. The lowest BCUT2D eigenvalue weighted by Gasteiger charge is -2.37. The molecular formula is C20H19ClF3N5S. The van der Waals surface area contributed by atoms with Crippen molar-refractivity contribution < 1.29 is 13.2 Å². The fourth-order valence-electron chi connectivity index (χ4n) is 3.71. The Hall–Kier alpha value is -2.20. The van der Waals surface area contributed by atoms with E-state index >= 15 is 0 Å². The number of hydrogen-bond acceptors (Lipinski definition) is 6. The van der Waals surface area contributed by atoms with Crippen LogP contribution in [-0.4, -0.2) is 18.0 Å². The molecule has 0 fully saturated rings. The number of anilines is 2. The van der Waals surface area contributed by atoms with Crippen LogP contribution < -0.4 is 21.3 Å². The molecule has 0 spiro atoms. The van der Waals surface area contributed by atoms with Gasteiger partial charge in [0.15, 0.2) is 0 Å². The highest BCUT2D eigenvalue weighted by Crippen LogP contribution is 2.45. The Morgan fingerprint density at radius 2 is 1.77 bits per heavy atom. The zero-order chi connectivity index (χ0) is 21.8. The van der Waals surface area contributed by atoms with Gasteiger partial charge in [0.2, 0.25) is 0 Å². The third-order valence-corrected chi connectivity index (χ3v) is 6.38. The standard InChI is InChI=1S/C20H19ClF3N5S/c1-10-4-3-5-11(2)15(10)29-16-17(25)28(9-27-18(16)30-19(29)26)12-6-7-13(14(21)8-12)20(22,23)24/h3-9,17,19H,25-26H2,1-2H3. The summed E-state index contributed by atoms with van der Waals surface area (Å²) in [5.74, 6) is 0. The van der Waals surface area contributed by atoms with E-state index in [0.29, 0.717) is 16.4 Å². The molecule has 0 saturated carbocycles. The molecule has 2 aromatic carbocycles. The van der Waals surface area contributed by atoms with Gasteiger partial charge in [-0.3, -0.25) is 0 Å². The molecule has 0 aromatic heterocycles. The largest absolute Gasteiger partial charge is 0.417 e. The molecule has 10 heteroatoms. The molecule has 4 rings (SSSR count). The summed E-state index contributed by atoms with van der Waals surface area (Å²) in [4.78, 5) is 8.00. The molecule has 158 valence electrons. The van der Waals surface area contributed by atoms with Gasteiger partial charge in [-0.1, -0.05) is 41.6 Å². The molecule has 0 radical (unpaired) electrons. The van der Waals surface area contributed by atoms with E-state index in [0.717, 1.165) is 22.9 Å². The van der Waals surface area contributed by atoms with Crippen molar-refractivity contribution in [2.75, 3.05) is 9.80 Å². The number of rotatable bonds is 2. The number of thioether (sulfide) groups is 1. The van der Waals surface area contributed by atoms with Crippen LogP contribution in [0.1, 0.15) is 16.7 Å². The first kappa shape index (κ1) is 21.0. The molecule has 0 amide bonds. The number of aryl methyl sites for hydroxylation is 2. The van der Waals surface area contributed by atoms with Crippen LogP contribution in [0.2, 0.25) is 5.02 Å². The van der Waals surface area contributed by atoms with Crippen LogP contribution in [0.3, 0.4) is 0 Å². The summed E-state index contributed by atoms with van der Waals surface area (Å²) < 4.78 is 39.2. The van der Waals surface area contributed by atoms with Crippen molar-refractivity contribution in [3.63, 3.8) is 0 Å². The van der Waals surface area contributed by atoms with E-state index in [1.165, 1.54) is 30.2 Å². The maximum absolute atomic E-state index is 13.1. The predicted octanol–water partition coefficient (Wildman–Crippen LogP) is 4.77. The fraction of sp³-hybridized carbons (Fsp3) is 0.250. The van der Waals surface area contributed by atoms with Crippen molar-refractivity contribution in [3.05, 3.63) is 68.8 Å². The van der Waals surface area contributed by atoms with Crippen LogP contribution in [0, 0.1) is 13.8 Å². The molecule has 0 saturated heterocycles. The second-order valence-corrected chi connectivity index (χ2v) is 8.58. The zero-order valence-electron chi connectivity index (χ0n) is 16.1. The molecule has 2 atom stereocenters. The Labute approximate surface area is 181 Å². The number of benzene rings is 2. The average molecular weight is 454 g/mol. The molecular weight excluding hydrogens is 435 g/mol. The van der Waals surface area contributed by atoms with Crippen molar-refractivity contribution >= 4 is 41.1 Å². The van der Waals surface area contributed by atoms with E-state index < -0.39 is 28.4 Å². The van der Waals surface area contributed by atoms with Gasteiger partial charge in [0.1, 0.15) is 16.7 Å². The van der Waals surface area contributed by atoms with E-state index in [1.807, 2.05) is 36.9 Å². The molecule has 2 aliphatic rings. The normalized spacial score (nSPS) is 21.5. The summed E-state index contributed by atoms with van der Waals surface area (Å²) >= 11 is 7.29. The Morgan fingerprint density at radius 1 is 1.10 bits per heavy atom. The van der Waals surface area contributed by atoms with E-state index in [2.05, 4.69) is 4.99 Å². The first-order valence-electron chi connectivity index (χ1n) is 9.06. The number of alkyl halides is 3. The van der Waals surface area contributed by atoms with Gasteiger partial charge in [-0.25, -0.2) is 4.99 Å². The number of nitrogens with zero attached hydrogens (tertiary/aromatic N) is 3. The summed E-state index contributed by atoms with van der Waals surface area (Å²) in [6.45, 7) is 3.98. The molecule has 2 heterocycles. The third kappa shape index (κ3) is 3.45. The summed E-state index contributed by atoms with van der Waals surface area (Å²) in [6.07, 6.45) is -3.74. The van der Waals surface area contributed by atoms with Crippen molar-refractivity contribution in [2.45, 2.75) is 31.7 Å². The number of para-hydroxylation sites is 1. The van der Waals surface area contributed by atoms with Gasteiger partial charge in [0.05, 0.1) is 22.6 Å². The molecule has 2 aromatic rings. The number of aliphatic imine (C=N–C) groups is 1. The van der Waals surface area contributed by atoms with Crippen LogP contribution in [0.5, 0.6) is 0 Å². The molecule has 2 aliphatic heterocycles. The van der Waals surface area contributed by atoms with E-state index in [9.17, 15) is 13.2 Å². The van der Waals surface area contributed by atoms with Gasteiger partial charge in [0.25, 0.3) is 0 Å². The lowest BCUT2D eigenvalue weighted by Crippen LogP contribution is -2.51. The summed E-state index contributed by atoms with van der Waals surface area (Å²) in [5, 5.41) is 0.288. The molecule has 30 heavy (non-hydrogen) atoms. The monoisotopic (exact) mass is 453 g/mol. The maximum atomic E-state index is 13.1. The van der Waals surface area contributed by atoms with Crippen LogP contribution in [-0.2, 0) is 6.18 Å². The second kappa shape index (κ2) is 7.49. The molecule has 4 N–H and O–H groups in total. The highest BCUT2D eigenvalue weighted by molar-refractivity contribution is 8.04. The van der Waals surface area contributed by atoms with Crippen molar-refractivity contribution in [2.24, 2.45) is 16.5 Å². The van der Waals surface area contributed by atoms with Gasteiger partial charge >= 0.3 is 6.18 Å². The van der Waals surface area contributed by atoms with Gasteiger partial charge in [-0.2, -0.15) is 13.2 Å². The molecule has 2 unspecified atom stereocenters. The fourth-order valence-corrected chi connectivity index (χ4v) is 4.99. The highest BCUT2D eigenvalue weighted by Gasteiger charge is 2.40. The van der Waals surface area contributed by atoms with Gasteiger partial charge < -0.3 is 21.3 Å². The van der Waals surface area contributed by atoms with E-state index in [1.54, 1.807) is 4.90 Å². The van der Waals surface area contributed by atoms with E-state index in [4.69, 9.17) is 23.1 Å². The first-order valence-corrected chi connectivity index (χ1v) is 10.3. The summed E-state index contributed by atoms with van der Waals surface area (Å²) in [7, 11) is 0. The molecule has 0 aliphatic carbocycles. The zero-order valence-corrected chi connectivity index (χ0v) is 17.7. The third-order valence-electron chi connectivity index (χ3n) is 5.08. The summed E-state index contributed by atoms with van der Waals surface area (Å²) in [5.41, 5.74) is 15.8. The lowest BCUT2D eigenvalue weighted by atomic mass is 10.1. The highest BCUT2D eigenvalue weighted by atomic mass is 35.5. The molecule has 5 nitrogen and oxygen atoms in total. The number of halogens is 4. The minimum Gasteiger partial charge on any atom is -0.314 e. The SMILES string of the molecule is Cc1cccc(C)c1N1C2=C(N=CN(c3ccc(C(F)(F)F)c(Cl)c3)C2N)SC1N. The van der Waals surface area contributed by atoms with Crippen LogP contribution in [0.25, 0.3) is 0 Å². The Kier molecular flexibility index (Phi) is 5.26. The topological polar surface area (TPSA) is 70.9 Å². The van der Waals surface area contributed by atoms with Crippen molar-refractivity contribution in [1.29, 1.82) is 0 Å². The first-order chi connectivity index (χ1) is 14.1. The van der Waals surface area contributed by atoms with E-state index in [-0.39, 0.29) is 0 Å². The Morgan fingerprint density at radius 3 is 2.37 bits per heavy atom. The van der Waals surface area contributed by atoms with Crippen LogP contribution in [0.4, 0.5) is 24.5 Å². The minimum atomic E-state index is -4.53. The number of hydrogen-bond donors (Lipinski definition) is 2. The average Bonchev–Trinajstić information content (AvgIpc) is 2.98. The predicted molar refractivity (Wildman–Crippen MR) is 116 cm³/mol. The van der Waals surface area contributed by atoms with Crippen molar-refractivity contribution in [1.82, 2.24) is 0 Å². The smallest absolute Gasteiger partial charge is 0.314 e. The number of nitrogens with two attached hydrogens (primary N) is 2. The van der Waals surface area contributed by atoms with Gasteiger partial charge in [-0.15, -0.1) is 0 Å². The second-order valence-electron chi connectivity index (χ2n) is 7.07. The minimum absolute atomic E-state index is 0.399. The quantitative estimate of drug-likeness (QED) is 0.685. The van der Waals surface area contributed by atoms with Crippen LogP contribution in [0.15, 0.2) is 52.1 Å². The summed E-state index contributed by atoms with van der Waals surface area (Å²) in [6, 6.07) is 9.46. The Balaban J connectivity index is 1.73. The van der Waals surface area contributed by atoms with Crippen LogP contribution >= 0.6 is 23.4 Å². The van der Waals surface area contributed by atoms with Gasteiger partial charge in [-0.05, 0) is 43.2 Å².